The van der Waals surface area contributed by atoms with Gasteiger partial charge in [0.25, 0.3) is 0 Å². The Balaban J connectivity index is 1.41. The second-order valence-electron chi connectivity index (χ2n) is 5.86. The van der Waals surface area contributed by atoms with Gasteiger partial charge in [-0.3, -0.25) is 4.79 Å². The molecule has 0 radical (unpaired) electrons. The lowest BCUT2D eigenvalue weighted by Gasteiger charge is -2.17. The second-order valence-corrected chi connectivity index (χ2v) is 5.86. The number of rotatable bonds is 6. The van der Waals surface area contributed by atoms with E-state index in [1.54, 1.807) is 17.4 Å². The molecule has 0 aliphatic carbocycles. The molecule has 2 N–H and O–H groups in total. The Morgan fingerprint density at radius 3 is 2.88 bits per heavy atom. The van der Waals surface area contributed by atoms with E-state index in [0.717, 1.165) is 5.56 Å². The number of aromatic nitrogens is 2. The van der Waals surface area contributed by atoms with Crippen molar-refractivity contribution in [1.82, 2.24) is 25.1 Å². The summed E-state index contributed by atoms with van der Waals surface area (Å²) in [5.41, 5.74) is 1.09. The molecule has 1 saturated heterocycles. The molecule has 1 fully saturated rings. The molecule has 7 nitrogen and oxygen atoms in total. The molecule has 1 aliphatic rings. The van der Waals surface area contributed by atoms with Crippen LogP contribution in [-0.2, 0) is 17.9 Å². The standard InChI is InChI=1S/C17H21N5O2/c23-16-10-15(12-22(16)11-14-4-2-1-3-5-14)20-17(24)19-7-9-21-8-6-18-13-21/h1-6,8,13,15H,7,9-12H2,(H2,19,20,24). The zero-order valence-corrected chi connectivity index (χ0v) is 13.4. The summed E-state index contributed by atoms with van der Waals surface area (Å²) in [5.74, 6) is 0.0718. The van der Waals surface area contributed by atoms with Gasteiger partial charge in [0.1, 0.15) is 0 Å². The lowest BCUT2D eigenvalue weighted by atomic mass is 10.2. The number of carbonyl (C=O) groups is 2. The van der Waals surface area contributed by atoms with Gasteiger partial charge in [0.05, 0.1) is 12.4 Å². The monoisotopic (exact) mass is 327 g/mol. The molecule has 0 spiro atoms. The molecule has 1 aliphatic heterocycles. The second kappa shape index (κ2) is 7.63. The predicted octanol–water partition coefficient (Wildman–Crippen LogP) is 0.983. The number of imidazole rings is 1. The van der Waals surface area contributed by atoms with E-state index in [0.29, 0.717) is 32.6 Å². The fourth-order valence-corrected chi connectivity index (χ4v) is 2.78. The minimum absolute atomic E-state index is 0.0718. The first-order chi connectivity index (χ1) is 11.7. The van der Waals surface area contributed by atoms with E-state index in [1.165, 1.54) is 0 Å². The van der Waals surface area contributed by atoms with Crippen molar-refractivity contribution in [2.24, 2.45) is 0 Å². The van der Waals surface area contributed by atoms with Crippen molar-refractivity contribution in [1.29, 1.82) is 0 Å². The topological polar surface area (TPSA) is 79.3 Å². The van der Waals surface area contributed by atoms with Crippen LogP contribution in [0.15, 0.2) is 49.1 Å². The summed E-state index contributed by atoms with van der Waals surface area (Å²) < 4.78 is 1.89. The van der Waals surface area contributed by atoms with Crippen LogP contribution in [-0.4, -0.2) is 45.5 Å². The maximum atomic E-state index is 12.1. The van der Waals surface area contributed by atoms with E-state index in [9.17, 15) is 9.59 Å². The van der Waals surface area contributed by atoms with E-state index in [1.807, 2.05) is 41.1 Å². The van der Waals surface area contributed by atoms with Gasteiger partial charge in [-0.1, -0.05) is 30.3 Å². The molecule has 1 aromatic heterocycles. The molecule has 1 unspecified atom stereocenters. The third kappa shape index (κ3) is 4.34. The molecule has 1 aromatic carbocycles. The van der Waals surface area contributed by atoms with Gasteiger partial charge in [-0.2, -0.15) is 0 Å². The molecule has 1 atom stereocenters. The molecular weight excluding hydrogens is 306 g/mol. The van der Waals surface area contributed by atoms with Crippen molar-refractivity contribution in [3.05, 3.63) is 54.6 Å². The van der Waals surface area contributed by atoms with E-state index < -0.39 is 0 Å². The lowest BCUT2D eigenvalue weighted by Crippen LogP contribution is -2.44. The Bertz CT molecular complexity index is 672. The number of urea groups is 1. The Morgan fingerprint density at radius 1 is 1.29 bits per heavy atom. The van der Waals surface area contributed by atoms with Crippen LogP contribution in [0.5, 0.6) is 0 Å². The molecule has 3 amide bonds. The molecule has 126 valence electrons. The number of nitrogens with zero attached hydrogens (tertiary/aromatic N) is 3. The Kier molecular flexibility index (Phi) is 5.10. The van der Waals surface area contributed by atoms with Crippen LogP contribution >= 0.6 is 0 Å². The molecule has 0 saturated carbocycles. The van der Waals surface area contributed by atoms with Gasteiger partial charge in [-0.25, -0.2) is 9.78 Å². The average Bonchev–Trinajstić information content (AvgIpc) is 3.19. The van der Waals surface area contributed by atoms with Gasteiger partial charge in [-0.05, 0) is 5.56 Å². The minimum Gasteiger partial charge on any atom is -0.336 e. The van der Waals surface area contributed by atoms with Gasteiger partial charge >= 0.3 is 6.03 Å². The Labute approximate surface area is 140 Å². The molecule has 2 heterocycles. The summed E-state index contributed by atoms with van der Waals surface area (Å²) in [4.78, 5) is 29.7. The molecular formula is C17H21N5O2. The van der Waals surface area contributed by atoms with Crippen LogP contribution in [0.2, 0.25) is 0 Å². The van der Waals surface area contributed by atoms with Gasteiger partial charge in [0.15, 0.2) is 0 Å². The number of hydrogen-bond donors (Lipinski definition) is 2. The molecule has 3 rings (SSSR count). The van der Waals surface area contributed by atoms with Crippen LogP contribution in [0, 0.1) is 0 Å². The first-order valence-corrected chi connectivity index (χ1v) is 8.02. The maximum absolute atomic E-state index is 12.1. The SMILES string of the molecule is O=C(NCCn1ccnc1)NC1CC(=O)N(Cc2ccccc2)C1. The lowest BCUT2D eigenvalue weighted by molar-refractivity contribution is -0.128. The number of hydrogen-bond acceptors (Lipinski definition) is 3. The summed E-state index contributed by atoms with van der Waals surface area (Å²) >= 11 is 0. The number of benzene rings is 1. The van der Waals surface area contributed by atoms with Crippen molar-refractivity contribution in [3.63, 3.8) is 0 Å². The molecule has 7 heteroatoms. The zero-order valence-electron chi connectivity index (χ0n) is 13.4. The normalized spacial score (nSPS) is 17.1. The van der Waals surface area contributed by atoms with Gasteiger partial charge in [0.2, 0.25) is 5.91 Å². The summed E-state index contributed by atoms with van der Waals surface area (Å²) in [6, 6.07) is 9.48. The first kappa shape index (κ1) is 16.0. The zero-order chi connectivity index (χ0) is 16.8. The highest BCUT2D eigenvalue weighted by Gasteiger charge is 2.30. The molecule has 24 heavy (non-hydrogen) atoms. The van der Waals surface area contributed by atoms with Gasteiger partial charge < -0.3 is 20.1 Å². The number of carbonyl (C=O) groups excluding carboxylic acids is 2. The molecule has 2 aromatic rings. The van der Waals surface area contributed by atoms with E-state index in [4.69, 9.17) is 0 Å². The molecule has 0 bridgehead atoms. The van der Waals surface area contributed by atoms with E-state index in [2.05, 4.69) is 15.6 Å². The van der Waals surface area contributed by atoms with Crippen LogP contribution < -0.4 is 10.6 Å². The van der Waals surface area contributed by atoms with Crippen molar-refractivity contribution in [2.45, 2.75) is 25.6 Å². The quantitative estimate of drug-likeness (QED) is 0.830. The van der Waals surface area contributed by atoms with Crippen molar-refractivity contribution in [3.8, 4) is 0 Å². The maximum Gasteiger partial charge on any atom is 0.315 e. The third-order valence-corrected chi connectivity index (χ3v) is 3.98. The third-order valence-electron chi connectivity index (χ3n) is 3.98. The summed E-state index contributed by atoms with van der Waals surface area (Å²) in [6.07, 6.45) is 5.60. The van der Waals surface area contributed by atoms with Crippen LogP contribution in [0.1, 0.15) is 12.0 Å². The summed E-state index contributed by atoms with van der Waals surface area (Å²) in [7, 11) is 0. The Morgan fingerprint density at radius 2 is 2.12 bits per heavy atom. The predicted molar refractivity (Wildman–Crippen MR) is 89.0 cm³/mol. The van der Waals surface area contributed by atoms with Crippen LogP contribution in [0.3, 0.4) is 0 Å². The summed E-state index contributed by atoms with van der Waals surface area (Å²) in [5, 5.41) is 5.67. The summed E-state index contributed by atoms with van der Waals surface area (Å²) in [6.45, 7) is 2.30. The fraction of sp³-hybridized carbons (Fsp3) is 0.353. The fourth-order valence-electron chi connectivity index (χ4n) is 2.78. The number of likely N-dealkylation sites (tertiary alicyclic amines) is 1. The minimum atomic E-state index is -0.241. The highest BCUT2D eigenvalue weighted by atomic mass is 16.2. The van der Waals surface area contributed by atoms with Crippen LogP contribution in [0.25, 0.3) is 0 Å². The van der Waals surface area contributed by atoms with E-state index in [-0.39, 0.29) is 18.0 Å². The highest BCUT2D eigenvalue weighted by molar-refractivity contribution is 5.81. The first-order valence-electron chi connectivity index (χ1n) is 8.02. The van der Waals surface area contributed by atoms with Crippen LogP contribution in [0.4, 0.5) is 4.79 Å². The van der Waals surface area contributed by atoms with Crippen molar-refractivity contribution < 1.29 is 9.59 Å². The van der Waals surface area contributed by atoms with Gasteiger partial charge in [-0.15, -0.1) is 0 Å². The largest absolute Gasteiger partial charge is 0.336 e. The average molecular weight is 327 g/mol. The van der Waals surface area contributed by atoms with Crippen molar-refractivity contribution >= 4 is 11.9 Å². The van der Waals surface area contributed by atoms with Gasteiger partial charge in [0, 0.05) is 45.0 Å². The highest BCUT2D eigenvalue weighted by Crippen LogP contribution is 2.14. The smallest absolute Gasteiger partial charge is 0.315 e. The Hall–Kier alpha value is -2.83. The number of nitrogens with one attached hydrogen (secondary N) is 2. The number of amides is 3. The van der Waals surface area contributed by atoms with Crippen molar-refractivity contribution in [2.75, 3.05) is 13.1 Å². The van der Waals surface area contributed by atoms with E-state index >= 15 is 0 Å².